The van der Waals surface area contributed by atoms with Gasteiger partial charge in [0.05, 0.1) is 31.3 Å². The number of nitrogens with one attached hydrogen (secondary N) is 2. The largest absolute Gasteiger partial charge is 0.497 e. The number of rotatable bonds is 7. The first kappa shape index (κ1) is 23.2. The van der Waals surface area contributed by atoms with Crippen molar-refractivity contribution in [3.8, 4) is 5.75 Å². The summed E-state index contributed by atoms with van der Waals surface area (Å²) < 4.78 is 10.6. The van der Waals surface area contributed by atoms with E-state index in [1.807, 2.05) is 24.3 Å². The molecule has 2 amide bonds. The summed E-state index contributed by atoms with van der Waals surface area (Å²) in [4.78, 5) is 37.7. The zero-order valence-corrected chi connectivity index (χ0v) is 18.0. The van der Waals surface area contributed by atoms with Crippen molar-refractivity contribution >= 4 is 23.2 Å². The molecule has 2 aromatic carbocycles. The molecule has 170 valence electrons. The minimum Gasteiger partial charge on any atom is -0.497 e. The lowest BCUT2D eigenvalue weighted by Gasteiger charge is -2.34. The van der Waals surface area contributed by atoms with Gasteiger partial charge in [0.1, 0.15) is 11.4 Å². The minimum atomic E-state index is -0.965. The maximum Gasteiger partial charge on any atom is 0.313 e. The second kappa shape index (κ2) is 10.7. The maximum atomic E-state index is 12.5. The Hall–Kier alpha value is -3.50. The van der Waals surface area contributed by atoms with E-state index in [4.69, 9.17) is 9.47 Å². The first-order valence-corrected chi connectivity index (χ1v) is 10.2. The van der Waals surface area contributed by atoms with Crippen molar-refractivity contribution in [3.63, 3.8) is 0 Å². The normalized spacial score (nSPS) is 14.9. The smallest absolute Gasteiger partial charge is 0.313 e. The lowest BCUT2D eigenvalue weighted by atomic mass is 10.0. The van der Waals surface area contributed by atoms with Crippen molar-refractivity contribution in [2.24, 2.45) is 0 Å². The maximum absolute atomic E-state index is 12.5. The predicted octanol–water partition coefficient (Wildman–Crippen LogP) is 2.04. The van der Waals surface area contributed by atoms with Crippen LogP contribution in [0.1, 0.15) is 17.2 Å². The van der Waals surface area contributed by atoms with Crippen molar-refractivity contribution < 1.29 is 24.0 Å². The zero-order chi connectivity index (χ0) is 23.1. The van der Waals surface area contributed by atoms with E-state index in [9.17, 15) is 19.7 Å². The summed E-state index contributed by atoms with van der Waals surface area (Å²) in [5, 5.41) is 16.2. The van der Waals surface area contributed by atoms with Crippen LogP contribution in [0, 0.1) is 17.0 Å². The molecule has 32 heavy (non-hydrogen) atoms. The Morgan fingerprint density at radius 2 is 1.84 bits per heavy atom. The van der Waals surface area contributed by atoms with Crippen LogP contribution in [0.3, 0.4) is 0 Å². The molecule has 0 spiro atoms. The molecule has 0 unspecified atom stereocenters. The summed E-state index contributed by atoms with van der Waals surface area (Å²) in [5.41, 5.74) is 1.34. The number of amides is 2. The van der Waals surface area contributed by atoms with E-state index in [0.29, 0.717) is 31.9 Å². The Morgan fingerprint density at radius 1 is 1.16 bits per heavy atom. The molecule has 0 radical (unpaired) electrons. The van der Waals surface area contributed by atoms with Crippen LogP contribution < -0.4 is 15.4 Å². The molecule has 1 fully saturated rings. The lowest BCUT2D eigenvalue weighted by Crippen LogP contribution is -2.45. The molecule has 0 bridgehead atoms. The monoisotopic (exact) mass is 442 g/mol. The fourth-order valence-electron chi connectivity index (χ4n) is 3.52. The number of hydrogen-bond donors (Lipinski definition) is 2. The van der Waals surface area contributed by atoms with E-state index in [1.54, 1.807) is 20.1 Å². The molecule has 0 aromatic heterocycles. The Balaban J connectivity index is 1.69. The summed E-state index contributed by atoms with van der Waals surface area (Å²) in [5.74, 6) is -1.11. The van der Waals surface area contributed by atoms with Gasteiger partial charge in [-0.2, -0.15) is 0 Å². The Labute approximate surface area is 185 Å². The average molecular weight is 442 g/mol. The van der Waals surface area contributed by atoms with Crippen LogP contribution in [0.25, 0.3) is 0 Å². The van der Waals surface area contributed by atoms with Gasteiger partial charge >= 0.3 is 11.8 Å². The number of hydrogen-bond acceptors (Lipinski definition) is 7. The first-order valence-electron chi connectivity index (χ1n) is 10.2. The summed E-state index contributed by atoms with van der Waals surface area (Å²) in [7, 11) is 1.59. The van der Waals surface area contributed by atoms with Crippen molar-refractivity contribution in [1.82, 2.24) is 10.2 Å². The number of carbonyl (C=O) groups excluding carboxylic acids is 2. The number of benzene rings is 2. The Kier molecular flexibility index (Phi) is 7.74. The summed E-state index contributed by atoms with van der Waals surface area (Å²) >= 11 is 0. The fourth-order valence-corrected chi connectivity index (χ4v) is 3.52. The molecule has 3 rings (SSSR count). The van der Waals surface area contributed by atoms with Gasteiger partial charge in [-0.25, -0.2) is 0 Å². The van der Waals surface area contributed by atoms with Crippen LogP contribution in [0.5, 0.6) is 5.75 Å². The molecule has 2 N–H and O–H groups in total. The molecule has 1 aliphatic heterocycles. The second-order valence-corrected chi connectivity index (χ2v) is 7.38. The van der Waals surface area contributed by atoms with Gasteiger partial charge in [0.2, 0.25) is 0 Å². The number of nitro benzene ring substituents is 1. The van der Waals surface area contributed by atoms with Crippen molar-refractivity contribution in [2.75, 3.05) is 45.3 Å². The summed E-state index contributed by atoms with van der Waals surface area (Å²) in [6.45, 7) is 4.43. The standard InChI is InChI=1S/C22H26N4O6/c1-15-3-8-18(19(13-15)26(29)30)24-22(28)21(27)23-14-20(25-9-11-32-12-10-25)16-4-6-17(31-2)7-5-16/h3-8,13,20H,9-12,14H2,1-2H3,(H,23,27)(H,24,28)/t20-/m0/s1. The number of nitro groups is 1. The number of aryl methyl sites for hydroxylation is 1. The van der Waals surface area contributed by atoms with Gasteiger partial charge < -0.3 is 20.1 Å². The van der Waals surface area contributed by atoms with Crippen molar-refractivity contribution in [1.29, 1.82) is 0 Å². The van der Waals surface area contributed by atoms with E-state index >= 15 is 0 Å². The predicted molar refractivity (Wildman–Crippen MR) is 118 cm³/mol. The van der Waals surface area contributed by atoms with E-state index in [-0.39, 0.29) is 24.0 Å². The number of ether oxygens (including phenoxy) is 2. The third-order valence-electron chi connectivity index (χ3n) is 5.25. The molecule has 0 aliphatic carbocycles. The molecule has 2 aromatic rings. The molecule has 1 heterocycles. The number of nitrogens with zero attached hydrogens (tertiary/aromatic N) is 2. The Morgan fingerprint density at radius 3 is 2.47 bits per heavy atom. The van der Waals surface area contributed by atoms with E-state index in [2.05, 4.69) is 15.5 Å². The van der Waals surface area contributed by atoms with Crippen LogP contribution in [0.2, 0.25) is 0 Å². The van der Waals surface area contributed by atoms with E-state index < -0.39 is 16.7 Å². The van der Waals surface area contributed by atoms with E-state index in [0.717, 1.165) is 11.3 Å². The van der Waals surface area contributed by atoms with Crippen molar-refractivity contribution in [2.45, 2.75) is 13.0 Å². The SMILES string of the molecule is COc1ccc([C@H](CNC(=O)C(=O)Nc2ccc(C)cc2[N+](=O)[O-])N2CCOCC2)cc1. The average Bonchev–Trinajstić information content (AvgIpc) is 2.81. The highest BCUT2D eigenvalue weighted by Gasteiger charge is 2.25. The number of carbonyl (C=O) groups is 2. The first-order chi connectivity index (χ1) is 15.4. The molecule has 0 saturated carbocycles. The van der Waals surface area contributed by atoms with Gasteiger partial charge in [0.25, 0.3) is 5.69 Å². The topological polar surface area (TPSA) is 123 Å². The third-order valence-corrected chi connectivity index (χ3v) is 5.25. The molecular formula is C22H26N4O6. The Bertz CT molecular complexity index is 973. The third kappa shape index (κ3) is 5.80. The highest BCUT2D eigenvalue weighted by atomic mass is 16.6. The molecule has 1 saturated heterocycles. The van der Waals surface area contributed by atoms with E-state index in [1.165, 1.54) is 12.1 Å². The molecule has 1 atom stereocenters. The molecule has 10 nitrogen and oxygen atoms in total. The highest BCUT2D eigenvalue weighted by molar-refractivity contribution is 6.39. The van der Waals surface area contributed by atoms with Gasteiger partial charge in [-0.3, -0.25) is 24.6 Å². The van der Waals surface area contributed by atoms with Gasteiger partial charge in [0, 0.05) is 25.7 Å². The van der Waals surface area contributed by atoms with Crippen molar-refractivity contribution in [3.05, 3.63) is 63.7 Å². The van der Waals surface area contributed by atoms with Gasteiger partial charge in [-0.15, -0.1) is 0 Å². The van der Waals surface area contributed by atoms with Crippen LogP contribution in [-0.2, 0) is 14.3 Å². The summed E-state index contributed by atoms with van der Waals surface area (Å²) in [6, 6.07) is 11.7. The second-order valence-electron chi connectivity index (χ2n) is 7.38. The van der Waals surface area contributed by atoms with Gasteiger partial charge in [-0.05, 0) is 36.2 Å². The fraction of sp³-hybridized carbons (Fsp3) is 0.364. The van der Waals surface area contributed by atoms with Gasteiger partial charge in [-0.1, -0.05) is 18.2 Å². The quantitative estimate of drug-likeness (QED) is 0.382. The summed E-state index contributed by atoms with van der Waals surface area (Å²) in [6.07, 6.45) is 0. The van der Waals surface area contributed by atoms with Crippen LogP contribution in [-0.4, -0.2) is 61.6 Å². The minimum absolute atomic E-state index is 0.0272. The van der Waals surface area contributed by atoms with Gasteiger partial charge in [0.15, 0.2) is 0 Å². The van der Waals surface area contributed by atoms with Crippen LogP contribution in [0.15, 0.2) is 42.5 Å². The number of morpholine rings is 1. The molecule has 1 aliphatic rings. The number of methoxy groups -OCH3 is 1. The highest BCUT2D eigenvalue weighted by Crippen LogP contribution is 2.26. The molecule has 10 heteroatoms. The van der Waals surface area contributed by atoms with Crippen LogP contribution >= 0.6 is 0 Å². The number of anilines is 1. The lowest BCUT2D eigenvalue weighted by molar-refractivity contribution is -0.384. The molecular weight excluding hydrogens is 416 g/mol. The zero-order valence-electron chi connectivity index (χ0n) is 18.0. The van der Waals surface area contributed by atoms with Crippen LogP contribution in [0.4, 0.5) is 11.4 Å².